The number of para-hydroxylation sites is 1. The number of nitrogens with zero attached hydrogens (tertiary/aromatic N) is 7. The molecule has 0 aliphatic heterocycles. The van der Waals surface area contributed by atoms with E-state index in [4.69, 9.17) is 0 Å². The van der Waals surface area contributed by atoms with Gasteiger partial charge in [-0.1, -0.05) is 49.9 Å². The van der Waals surface area contributed by atoms with Gasteiger partial charge in [-0.25, -0.2) is 9.97 Å². The molecule has 8 aromatic rings. The van der Waals surface area contributed by atoms with Crippen molar-refractivity contribution in [1.29, 1.82) is 0 Å². The minimum Gasteiger partial charge on any atom is -0.355 e. The van der Waals surface area contributed by atoms with E-state index in [0.717, 1.165) is 70.0 Å². The smallest absolute Gasteiger partial charge is 0.355 e. The van der Waals surface area contributed by atoms with Crippen LogP contribution in [-0.4, -0.2) is 113 Å². The second kappa shape index (κ2) is 32.6. The Bertz CT molecular complexity index is 3410. The molecule has 6 N–H and O–H groups in total. The van der Waals surface area contributed by atoms with Gasteiger partial charge in [0.1, 0.15) is 12.0 Å². The highest BCUT2D eigenvalue weighted by Gasteiger charge is 2.38. The van der Waals surface area contributed by atoms with Gasteiger partial charge < -0.3 is 31.9 Å². The maximum Gasteiger partial charge on any atom is 0.434 e. The lowest BCUT2D eigenvalue weighted by atomic mass is 10.0. The Labute approximate surface area is 482 Å². The molecular weight excluding hydrogens is 1130 g/mol. The summed E-state index contributed by atoms with van der Waals surface area (Å²) in [5, 5.41) is 16.9. The van der Waals surface area contributed by atoms with Crippen molar-refractivity contribution in [2.45, 2.75) is 53.7 Å². The first-order valence-electron chi connectivity index (χ1n) is 24.4. The minimum atomic E-state index is -4.65. The topological polar surface area (TPSA) is 265 Å². The zero-order valence-electron chi connectivity index (χ0n) is 46.5. The van der Waals surface area contributed by atoms with E-state index in [1.165, 1.54) is 35.0 Å². The number of aromatic nitrogens is 7. The Morgan fingerprint density at radius 2 is 0.941 bits per heavy atom. The number of carbonyl (C=O) groups is 6. The Hall–Kier alpha value is -10.0. The quantitative estimate of drug-likeness (QED) is 0.0849. The molecule has 0 atom stereocenters. The standard InChI is InChI=1S/2C11H10N2O.C10H11F3N2O.C9H12N2O.C8H7F3N2O.C7H6F3N3O.CH4/c1-12-11(14)9-6-7-13-10-5-3-2-4-8(9)10;1-12-11(14)10-9-5-3-2-4-8(9)6-7-13-10;1-5-4-7(10(11,12)13)8(6(2)15-5)9(16)14-3;1-6-4-5-11-7(2)8(6)9(12)10-3;1-12-7(14)5-4-13-3-2-6(5)8(9,10)11;1-11-6(14)4-2-12-3-13-5(4)7(8,9)10;/h2*2-7H,1H3,(H,12,14);4H,1-3H3,(H,14,16);4-5H,1-3H3,(H,10,12);2-4H,1H3,(H,12,14);2-3H,1H3,(H,11,14);1H4. The summed E-state index contributed by atoms with van der Waals surface area (Å²) in [6, 6.07) is 22.4. The van der Waals surface area contributed by atoms with Gasteiger partial charge >= 0.3 is 18.5 Å². The van der Waals surface area contributed by atoms with E-state index < -0.39 is 69.8 Å². The maximum atomic E-state index is 12.7. The molecular formula is C57H60F9N13O6. The van der Waals surface area contributed by atoms with Crippen LogP contribution in [-0.2, 0) is 18.5 Å². The first kappa shape index (κ1) is 71.1. The monoisotopic (exact) mass is 1190 g/mol. The number of hydrogen-bond donors (Lipinski definition) is 6. The molecule has 8 rings (SSSR count). The molecule has 0 unspecified atom stereocenters. The number of alkyl halides is 9. The molecule has 0 saturated carbocycles. The highest BCUT2D eigenvalue weighted by Crippen LogP contribution is 2.34. The van der Waals surface area contributed by atoms with Gasteiger partial charge in [0.05, 0.1) is 55.8 Å². The molecule has 6 heterocycles. The summed E-state index contributed by atoms with van der Waals surface area (Å²) in [5.74, 6) is -2.75. The van der Waals surface area contributed by atoms with Gasteiger partial charge in [-0.15, -0.1) is 0 Å². The molecule has 0 aliphatic rings. The van der Waals surface area contributed by atoms with Crippen LogP contribution in [0.4, 0.5) is 39.5 Å². The second-order valence-electron chi connectivity index (χ2n) is 16.8. The fourth-order valence-electron chi connectivity index (χ4n) is 7.29. The average Bonchev–Trinajstić information content (AvgIpc) is 3.69. The highest BCUT2D eigenvalue weighted by molar-refractivity contribution is 6.06. The van der Waals surface area contributed by atoms with E-state index >= 15 is 0 Å². The van der Waals surface area contributed by atoms with E-state index in [1.54, 1.807) is 45.8 Å². The number of pyridine rings is 5. The third-order valence-electron chi connectivity index (χ3n) is 11.2. The predicted octanol–water partition coefficient (Wildman–Crippen LogP) is 9.27. The van der Waals surface area contributed by atoms with Gasteiger partial charge in [0.15, 0.2) is 5.69 Å². The molecule has 452 valence electrons. The summed E-state index contributed by atoms with van der Waals surface area (Å²) in [4.78, 5) is 93.6. The van der Waals surface area contributed by atoms with Crippen molar-refractivity contribution in [2.75, 3.05) is 42.3 Å². The lowest BCUT2D eigenvalue weighted by molar-refractivity contribution is -0.141. The number of fused-ring (bicyclic) bond motifs is 2. The summed E-state index contributed by atoms with van der Waals surface area (Å²) in [6.45, 7) is 6.57. The van der Waals surface area contributed by atoms with Gasteiger partial charge in [0, 0.05) is 95.9 Å². The number of carbonyl (C=O) groups excluding carboxylic acids is 6. The van der Waals surface area contributed by atoms with E-state index in [-0.39, 0.29) is 36.5 Å². The van der Waals surface area contributed by atoms with Crippen LogP contribution in [0, 0.1) is 27.7 Å². The lowest BCUT2D eigenvalue weighted by Crippen LogP contribution is -2.24. The summed E-state index contributed by atoms with van der Waals surface area (Å²) < 4.78 is 112. The van der Waals surface area contributed by atoms with Crippen LogP contribution in [0.1, 0.15) is 109 Å². The van der Waals surface area contributed by atoms with E-state index in [2.05, 4.69) is 66.8 Å². The lowest BCUT2D eigenvalue weighted by Gasteiger charge is -2.14. The highest BCUT2D eigenvalue weighted by atomic mass is 19.4. The number of rotatable bonds is 6. The molecule has 0 saturated heterocycles. The van der Waals surface area contributed by atoms with Crippen molar-refractivity contribution in [3.05, 3.63) is 195 Å². The molecule has 6 amide bonds. The van der Waals surface area contributed by atoms with Crippen molar-refractivity contribution in [2.24, 2.45) is 0 Å². The number of hydrogen-bond acceptors (Lipinski definition) is 13. The molecule has 0 radical (unpaired) electrons. The van der Waals surface area contributed by atoms with Gasteiger partial charge in [-0.05, 0) is 75.0 Å². The summed E-state index contributed by atoms with van der Waals surface area (Å²) in [5.41, 5.74) is 0.0822. The summed E-state index contributed by atoms with van der Waals surface area (Å²) >= 11 is 0. The SMILES string of the molecule is C.CNC(=O)c1c(C(F)(F)F)cc(C)nc1C.CNC(=O)c1c(C)ccnc1C.CNC(=O)c1ccnc2ccccc12.CNC(=O)c1cnccc1C(F)(F)F.CNC(=O)c1cncnc1C(F)(F)F.CNC(=O)c1nccc2ccccc12. The molecule has 28 heteroatoms. The molecule has 0 aliphatic carbocycles. The number of halogens is 9. The molecule has 2 aromatic carbocycles. The molecule has 6 aromatic heterocycles. The van der Waals surface area contributed by atoms with Crippen molar-refractivity contribution in [3.8, 4) is 0 Å². The van der Waals surface area contributed by atoms with E-state index in [9.17, 15) is 68.3 Å². The first-order chi connectivity index (χ1) is 39.5. The number of aryl methyl sites for hydroxylation is 4. The molecule has 0 fully saturated rings. The van der Waals surface area contributed by atoms with Crippen LogP contribution in [0.15, 0.2) is 122 Å². The second-order valence-corrected chi connectivity index (χ2v) is 16.8. The van der Waals surface area contributed by atoms with Crippen LogP contribution in [0.5, 0.6) is 0 Å². The molecule has 0 spiro atoms. The molecule has 0 bridgehead atoms. The summed E-state index contributed by atoms with van der Waals surface area (Å²) in [7, 11) is 8.62. The zero-order chi connectivity index (χ0) is 63.1. The average molecular weight is 1190 g/mol. The van der Waals surface area contributed by atoms with Crippen molar-refractivity contribution in [3.63, 3.8) is 0 Å². The largest absolute Gasteiger partial charge is 0.434 e. The van der Waals surface area contributed by atoms with Crippen LogP contribution in [0.2, 0.25) is 0 Å². The van der Waals surface area contributed by atoms with Crippen LogP contribution in [0.25, 0.3) is 21.7 Å². The van der Waals surface area contributed by atoms with Gasteiger partial charge in [-0.2, -0.15) is 39.5 Å². The maximum absolute atomic E-state index is 12.7. The van der Waals surface area contributed by atoms with Gasteiger partial charge in [0.2, 0.25) is 0 Å². The number of nitrogens with one attached hydrogen (secondary N) is 6. The number of benzene rings is 2. The van der Waals surface area contributed by atoms with Crippen molar-refractivity contribution in [1.82, 2.24) is 66.8 Å². The van der Waals surface area contributed by atoms with Crippen LogP contribution in [0.3, 0.4) is 0 Å². The van der Waals surface area contributed by atoms with Crippen LogP contribution < -0.4 is 31.9 Å². The van der Waals surface area contributed by atoms with Gasteiger partial charge in [-0.3, -0.25) is 53.7 Å². The van der Waals surface area contributed by atoms with E-state index in [0.29, 0.717) is 16.8 Å². The Morgan fingerprint density at radius 1 is 0.435 bits per heavy atom. The van der Waals surface area contributed by atoms with Crippen LogP contribution >= 0.6 is 0 Å². The van der Waals surface area contributed by atoms with Crippen molar-refractivity contribution < 1.29 is 68.3 Å². The zero-order valence-corrected chi connectivity index (χ0v) is 46.5. The Kier molecular flexibility index (Phi) is 27.2. The third kappa shape index (κ3) is 20.1. The fraction of sp³-hybridized carbons (Fsp3) is 0.246. The fourth-order valence-corrected chi connectivity index (χ4v) is 7.29. The predicted molar refractivity (Wildman–Crippen MR) is 299 cm³/mol. The summed E-state index contributed by atoms with van der Waals surface area (Å²) in [6.07, 6.45) is -5.28. The molecule has 19 nitrogen and oxygen atoms in total. The Morgan fingerprint density at radius 3 is 1.51 bits per heavy atom. The normalized spacial score (nSPS) is 10.5. The first-order valence-corrected chi connectivity index (χ1v) is 24.4. The third-order valence-corrected chi connectivity index (χ3v) is 11.2. The van der Waals surface area contributed by atoms with Crippen molar-refractivity contribution >= 4 is 57.1 Å². The molecule has 85 heavy (non-hydrogen) atoms. The minimum absolute atomic E-state index is 0. The van der Waals surface area contributed by atoms with Gasteiger partial charge in [0.25, 0.3) is 35.4 Å². The van der Waals surface area contributed by atoms with E-state index in [1.807, 2.05) is 74.5 Å². The Balaban J connectivity index is 0.000000348. The number of amides is 6.